The Morgan fingerprint density at radius 2 is 1.78 bits per heavy atom. The van der Waals surface area contributed by atoms with Crippen LogP contribution in [0.25, 0.3) is 0 Å². The first-order chi connectivity index (χ1) is 16.9. The van der Waals surface area contributed by atoms with Crippen molar-refractivity contribution in [1.29, 1.82) is 0 Å². The molecular weight excluding hydrogens is 474 g/mol. The molecule has 0 aliphatic heterocycles. The van der Waals surface area contributed by atoms with Crippen LogP contribution in [-0.2, 0) is 14.3 Å². The summed E-state index contributed by atoms with van der Waals surface area (Å²) >= 11 is 1.60. The normalized spacial score (nSPS) is 13.0. The fourth-order valence-electron chi connectivity index (χ4n) is 3.94. The summed E-state index contributed by atoms with van der Waals surface area (Å²) in [6.45, 7) is 14.4. The summed E-state index contributed by atoms with van der Waals surface area (Å²) in [6, 6.07) is 4.41. The van der Waals surface area contributed by atoms with E-state index in [9.17, 15) is 14.4 Å². The van der Waals surface area contributed by atoms with Crippen molar-refractivity contribution in [2.75, 3.05) is 25.1 Å². The average Bonchev–Trinajstić information content (AvgIpc) is 2.79. The van der Waals surface area contributed by atoms with Crippen molar-refractivity contribution in [3.05, 3.63) is 34.9 Å². The highest BCUT2D eigenvalue weighted by Crippen LogP contribution is 2.27. The van der Waals surface area contributed by atoms with E-state index in [-0.39, 0.29) is 11.8 Å². The zero-order chi connectivity index (χ0) is 27.3. The number of aryl methyl sites for hydroxylation is 2. The molecule has 1 aromatic rings. The molecular formula is C28H47N3O4S. The number of carbonyl (C=O) groups excluding carboxylic acids is 3. The van der Waals surface area contributed by atoms with Gasteiger partial charge in [0, 0.05) is 13.1 Å². The third kappa shape index (κ3) is 10.8. The van der Waals surface area contributed by atoms with Crippen molar-refractivity contribution < 1.29 is 19.1 Å². The smallest absolute Gasteiger partial charge is 0.408 e. The number of carbonyl (C=O) groups is 3. The van der Waals surface area contributed by atoms with Gasteiger partial charge in [0.15, 0.2) is 0 Å². The lowest BCUT2D eigenvalue weighted by Crippen LogP contribution is -2.53. The zero-order valence-corrected chi connectivity index (χ0v) is 24.3. The second kappa shape index (κ2) is 15.8. The van der Waals surface area contributed by atoms with Gasteiger partial charge in [0.25, 0.3) is 0 Å². The van der Waals surface area contributed by atoms with Crippen molar-refractivity contribution in [3.63, 3.8) is 0 Å². The minimum atomic E-state index is -0.792. The molecule has 0 spiro atoms. The van der Waals surface area contributed by atoms with Crippen molar-refractivity contribution in [3.8, 4) is 0 Å². The Labute approximate surface area is 222 Å². The third-order valence-electron chi connectivity index (χ3n) is 5.72. The zero-order valence-electron chi connectivity index (χ0n) is 23.5. The van der Waals surface area contributed by atoms with Gasteiger partial charge in [-0.05, 0) is 77.0 Å². The number of rotatable bonds is 14. The molecule has 0 bridgehead atoms. The van der Waals surface area contributed by atoms with Gasteiger partial charge >= 0.3 is 6.09 Å². The predicted octanol–water partition coefficient (Wildman–Crippen LogP) is 5.54. The molecule has 7 nitrogen and oxygen atoms in total. The minimum absolute atomic E-state index is 0.192. The Bertz CT molecular complexity index is 854. The summed E-state index contributed by atoms with van der Waals surface area (Å²) in [5.41, 5.74) is 2.10. The molecule has 2 atom stereocenters. The standard InChI is InChI=1S/C28H47N3O4S/c1-9-11-12-16-29-25(32)24(22-19-20(3)13-14-21(22)4)31(17-10-2)26(33)23(15-18-36-8)30-27(34)35-28(5,6)7/h13-14,19,23-24H,9-12,15-18H2,1-8H3,(H,29,32)(H,30,34). The first-order valence-electron chi connectivity index (χ1n) is 13.1. The highest BCUT2D eigenvalue weighted by Gasteiger charge is 2.36. The Hall–Kier alpha value is -2.22. The van der Waals surface area contributed by atoms with Crippen LogP contribution in [0.2, 0.25) is 0 Å². The van der Waals surface area contributed by atoms with Gasteiger partial charge in [0.1, 0.15) is 17.7 Å². The van der Waals surface area contributed by atoms with Crippen molar-refractivity contribution >= 4 is 29.7 Å². The third-order valence-corrected chi connectivity index (χ3v) is 6.36. The van der Waals surface area contributed by atoms with Crippen LogP contribution in [0.4, 0.5) is 4.79 Å². The Morgan fingerprint density at radius 3 is 2.36 bits per heavy atom. The minimum Gasteiger partial charge on any atom is -0.444 e. The molecule has 8 heteroatoms. The van der Waals surface area contributed by atoms with Gasteiger partial charge in [0.2, 0.25) is 11.8 Å². The van der Waals surface area contributed by atoms with Crippen LogP contribution in [0.1, 0.15) is 89.5 Å². The summed E-state index contributed by atoms with van der Waals surface area (Å²) in [7, 11) is 0. The topological polar surface area (TPSA) is 87.7 Å². The summed E-state index contributed by atoms with van der Waals surface area (Å²) < 4.78 is 5.43. The second-order valence-corrected chi connectivity index (χ2v) is 11.3. The average molecular weight is 522 g/mol. The number of thioether (sulfide) groups is 1. The van der Waals surface area contributed by atoms with E-state index in [4.69, 9.17) is 4.74 Å². The number of ether oxygens (including phenoxy) is 1. The quantitative estimate of drug-likeness (QED) is 0.314. The van der Waals surface area contributed by atoms with Crippen molar-refractivity contribution in [2.45, 2.75) is 98.3 Å². The summed E-state index contributed by atoms with van der Waals surface area (Å²) in [6.07, 6.45) is 5.43. The van der Waals surface area contributed by atoms with Gasteiger partial charge < -0.3 is 20.3 Å². The SMILES string of the molecule is CCCCCNC(=O)C(c1cc(C)ccc1C)N(CCC)C(=O)C(CCSC)NC(=O)OC(C)(C)C. The fraction of sp³-hybridized carbons (Fsp3) is 0.679. The molecule has 0 aromatic heterocycles. The molecule has 36 heavy (non-hydrogen) atoms. The van der Waals surface area contributed by atoms with Gasteiger partial charge in [-0.25, -0.2) is 4.79 Å². The van der Waals surface area contributed by atoms with Gasteiger partial charge in [-0.1, -0.05) is 50.5 Å². The van der Waals surface area contributed by atoms with E-state index in [1.165, 1.54) is 0 Å². The maximum absolute atomic E-state index is 14.0. The molecule has 0 fully saturated rings. The molecule has 2 unspecified atom stereocenters. The van der Waals surface area contributed by atoms with E-state index in [2.05, 4.69) is 17.6 Å². The summed E-state index contributed by atoms with van der Waals surface area (Å²) in [4.78, 5) is 41.9. The molecule has 0 aliphatic carbocycles. The van der Waals surface area contributed by atoms with Crippen LogP contribution in [0, 0.1) is 13.8 Å². The molecule has 3 amide bonds. The maximum Gasteiger partial charge on any atom is 0.408 e. The van der Waals surface area contributed by atoms with Crippen molar-refractivity contribution in [1.82, 2.24) is 15.5 Å². The molecule has 1 rings (SSSR count). The highest BCUT2D eigenvalue weighted by molar-refractivity contribution is 7.98. The molecule has 0 saturated carbocycles. The Morgan fingerprint density at radius 1 is 1.08 bits per heavy atom. The molecule has 0 heterocycles. The molecule has 0 aliphatic rings. The number of benzene rings is 1. The van der Waals surface area contributed by atoms with E-state index in [0.29, 0.717) is 31.7 Å². The lowest BCUT2D eigenvalue weighted by Gasteiger charge is -2.35. The van der Waals surface area contributed by atoms with Gasteiger partial charge in [-0.2, -0.15) is 11.8 Å². The van der Waals surface area contributed by atoms with E-state index in [0.717, 1.165) is 36.0 Å². The number of alkyl carbamates (subject to hydrolysis) is 1. The lowest BCUT2D eigenvalue weighted by atomic mass is 9.95. The lowest BCUT2D eigenvalue weighted by molar-refractivity contribution is -0.142. The van der Waals surface area contributed by atoms with Crippen LogP contribution in [-0.4, -0.2) is 59.5 Å². The Kier molecular flexibility index (Phi) is 14.0. The molecule has 0 saturated heterocycles. The summed E-state index contributed by atoms with van der Waals surface area (Å²) in [5.74, 6) is 0.220. The van der Waals surface area contributed by atoms with E-state index < -0.39 is 23.8 Å². The maximum atomic E-state index is 14.0. The first kappa shape index (κ1) is 31.8. The second-order valence-electron chi connectivity index (χ2n) is 10.3. The predicted molar refractivity (Wildman–Crippen MR) is 149 cm³/mol. The summed E-state index contributed by atoms with van der Waals surface area (Å²) in [5, 5.41) is 5.84. The molecule has 2 N–H and O–H groups in total. The largest absolute Gasteiger partial charge is 0.444 e. The number of unbranched alkanes of at least 4 members (excludes halogenated alkanes) is 2. The molecule has 0 radical (unpaired) electrons. The van der Waals surface area contributed by atoms with Crippen LogP contribution < -0.4 is 10.6 Å². The van der Waals surface area contributed by atoms with Crippen LogP contribution in [0.5, 0.6) is 0 Å². The van der Waals surface area contributed by atoms with E-state index in [1.54, 1.807) is 37.4 Å². The van der Waals surface area contributed by atoms with Crippen LogP contribution in [0.15, 0.2) is 18.2 Å². The van der Waals surface area contributed by atoms with Crippen molar-refractivity contribution in [2.24, 2.45) is 0 Å². The van der Waals surface area contributed by atoms with Crippen LogP contribution in [0.3, 0.4) is 0 Å². The molecule has 204 valence electrons. The number of amides is 3. The van der Waals surface area contributed by atoms with E-state index >= 15 is 0 Å². The highest BCUT2D eigenvalue weighted by atomic mass is 32.2. The molecule has 1 aromatic carbocycles. The number of nitrogens with zero attached hydrogens (tertiary/aromatic N) is 1. The number of nitrogens with one attached hydrogen (secondary N) is 2. The van der Waals surface area contributed by atoms with Crippen LogP contribution >= 0.6 is 11.8 Å². The Balaban J connectivity index is 3.40. The first-order valence-corrected chi connectivity index (χ1v) is 14.5. The van der Waals surface area contributed by atoms with Gasteiger partial charge in [0.05, 0.1) is 0 Å². The van der Waals surface area contributed by atoms with E-state index in [1.807, 2.05) is 45.2 Å². The van der Waals surface area contributed by atoms with Gasteiger partial charge in [-0.3, -0.25) is 9.59 Å². The number of hydrogen-bond acceptors (Lipinski definition) is 5. The fourth-order valence-corrected chi connectivity index (χ4v) is 4.41. The van der Waals surface area contributed by atoms with Gasteiger partial charge in [-0.15, -0.1) is 0 Å². The monoisotopic (exact) mass is 521 g/mol. The number of hydrogen-bond donors (Lipinski definition) is 2.